The summed E-state index contributed by atoms with van der Waals surface area (Å²) in [6.45, 7) is 0. The number of rotatable bonds is 6. The quantitative estimate of drug-likeness (QED) is 0.147. The fourth-order valence-corrected chi connectivity index (χ4v) is 10.2. The summed E-state index contributed by atoms with van der Waals surface area (Å²) in [5.74, 6) is 0. The molecule has 0 amide bonds. The lowest BCUT2D eigenvalue weighted by molar-refractivity contribution is 1.56. The summed E-state index contributed by atoms with van der Waals surface area (Å²) in [6.07, 6.45) is 0. The highest BCUT2D eigenvalue weighted by Crippen LogP contribution is 2.42. The van der Waals surface area contributed by atoms with E-state index in [0.29, 0.717) is 0 Å². The molecule has 0 fully saturated rings. The molecule has 62 heavy (non-hydrogen) atoms. The third-order valence-corrected chi connectivity index (χ3v) is 13.4. The Morgan fingerprint density at radius 3 is 0.774 bits per heavy atom. The lowest BCUT2D eigenvalue weighted by atomic mass is 9.89. The lowest BCUT2D eigenvalue weighted by Gasteiger charge is -2.14. The molecule has 0 radical (unpaired) electrons. The molecule has 0 bridgehead atoms. The van der Waals surface area contributed by atoms with Gasteiger partial charge in [-0.2, -0.15) is 0 Å². The largest absolute Gasteiger partial charge is 0.0610 e. The molecule has 13 aromatic rings. The lowest BCUT2D eigenvalue weighted by Crippen LogP contribution is -1.87. The van der Waals surface area contributed by atoms with Crippen LogP contribution in [0.25, 0.3) is 131 Å². The van der Waals surface area contributed by atoms with E-state index in [9.17, 15) is 0 Å². The van der Waals surface area contributed by atoms with Crippen molar-refractivity contribution in [1.29, 1.82) is 0 Å². The van der Waals surface area contributed by atoms with Crippen molar-refractivity contribution in [2.24, 2.45) is 0 Å². The molecule has 0 aromatic heterocycles. The molecule has 0 spiro atoms. The van der Waals surface area contributed by atoms with Crippen molar-refractivity contribution >= 4 is 64.6 Å². The van der Waals surface area contributed by atoms with E-state index in [2.05, 4.69) is 231 Å². The fourth-order valence-electron chi connectivity index (χ4n) is 10.2. The molecule has 0 saturated heterocycles. The summed E-state index contributed by atoms with van der Waals surface area (Å²) in [4.78, 5) is 0. The summed E-state index contributed by atoms with van der Waals surface area (Å²) in [5, 5.41) is 15.8. The van der Waals surface area contributed by atoms with Crippen LogP contribution in [-0.2, 0) is 0 Å². The highest BCUT2D eigenvalue weighted by atomic mass is 14.2. The third kappa shape index (κ3) is 5.54. The van der Waals surface area contributed by atoms with Crippen LogP contribution in [0, 0.1) is 0 Å². The smallest absolute Gasteiger partial charge is 0.00206 e. The van der Waals surface area contributed by atoms with Crippen molar-refractivity contribution in [2.45, 2.75) is 0 Å². The Balaban J connectivity index is 0.733. The Labute approximate surface area is 360 Å². The van der Waals surface area contributed by atoms with Gasteiger partial charge in [0.25, 0.3) is 0 Å². The van der Waals surface area contributed by atoms with E-state index in [1.165, 1.54) is 131 Å². The highest BCUT2D eigenvalue weighted by Gasteiger charge is 2.14. The predicted octanol–water partition coefficient (Wildman–Crippen LogP) is 17.5. The topological polar surface area (TPSA) is 0 Å². The maximum Gasteiger partial charge on any atom is -0.00206 e. The summed E-state index contributed by atoms with van der Waals surface area (Å²) in [5.41, 5.74) is 14.7. The van der Waals surface area contributed by atoms with Crippen molar-refractivity contribution in [2.75, 3.05) is 0 Å². The molecule has 0 aliphatic heterocycles. The van der Waals surface area contributed by atoms with E-state index < -0.39 is 0 Å². The molecule has 286 valence electrons. The third-order valence-electron chi connectivity index (χ3n) is 13.4. The van der Waals surface area contributed by atoms with Gasteiger partial charge < -0.3 is 0 Å². The Hall–Kier alpha value is -8.06. The van der Waals surface area contributed by atoms with Crippen LogP contribution in [0.2, 0.25) is 0 Å². The van der Waals surface area contributed by atoms with Crippen molar-refractivity contribution < 1.29 is 0 Å². The minimum absolute atomic E-state index is 1.21. The van der Waals surface area contributed by atoms with Crippen molar-refractivity contribution in [3.8, 4) is 66.8 Å². The minimum atomic E-state index is 1.21. The van der Waals surface area contributed by atoms with E-state index in [1.54, 1.807) is 0 Å². The summed E-state index contributed by atoms with van der Waals surface area (Å²) in [6, 6.07) is 85.4. The van der Waals surface area contributed by atoms with Crippen molar-refractivity contribution in [3.63, 3.8) is 0 Å². The van der Waals surface area contributed by atoms with E-state index in [4.69, 9.17) is 0 Å². The van der Waals surface area contributed by atoms with Crippen LogP contribution >= 0.6 is 0 Å². The molecule has 13 rings (SSSR count). The van der Waals surface area contributed by atoms with Crippen LogP contribution in [0.1, 0.15) is 0 Å². The molecule has 0 N–H and O–H groups in total. The second kappa shape index (κ2) is 13.7. The maximum atomic E-state index is 2.31. The fraction of sp³-hybridized carbons (Fsp3) is 0. The molecule has 0 atom stereocenters. The van der Waals surface area contributed by atoms with E-state index in [0.717, 1.165) is 0 Å². The van der Waals surface area contributed by atoms with Gasteiger partial charge >= 0.3 is 0 Å². The van der Waals surface area contributed by atoms with Crippen molar-refractivity contribution in [1.82, 2.24) is 0 Å². The molecular formula is C62H38. The maximum absolute atomic E-state index is 2.31. The van der Waals surface area contributed by atoms with Crippen molar-refractivity contribution in [3.05, 3.63) is 231 Å². The average Bonchev–Trinajstić information content (AvgIpc) is 3.35. The molecule has 0 heteroatoms. The minimum Gasteiger partial charge on any atom is -0.0610 e. The zero-order valence-electron chi connectivity index (χ0n) is 33.9. The number of hydrogen-bond acceptors (Lipinski definition) is 0. The van der Waals surface area contributed by atoms with Gasteiger partial charge in [-0.05, 0) is 137 Å². The predicted molar refractivity (Wildman–Crippen MR) is 266 cm³/mol. The molecule has 0 nitrogen and oxygen atoms in total. The first kappa shape index (κ1) is 34.8. The number of hydrogen-bond donors (Lipinski definition) is 0. The van der Waals surface area contributed by atoms with Gasteiger partial charge in [0.15, 0.2) is 0 Å². The van der Waals surface area contributed by atoms with Crippen LogP contribution in [-0.4, -0.2) is 0 Å². The van der Waals surface area contributed by atoms with Crippen LogP contribution in [0.4, 0.5) is 0 Å². The van der Waals surface area contributed by atoms with Crippen LogP contribution < -0.4 is 0 Å². The van der Waals surface area contributed by atoms with Gasteiger partial charge in [0, 0.05) is 0 Å². The first-order chi connectivity index (χ1) is 30.7. The first-order valence-electron chi connectivity index (χ1n) is 21.6. The Kier molecular flexibility index (Phi) is 7.71. The van der Waals surface area contributed by atoms with Crippen LogP contribution in [0.3, 0.4) is 0 Å². The van der Waals surface area contributed by atoms with Gasteiger partial charge in [0.2, 0.25) is 0 Å². The molecule has 13 aromatic carbocycles. The monoisotopic (exact) mass is 782 g/mol. The first-order valence-corrected chi connectivity index (χ1v) is 21.6. The average molecular weight is 783 g/mol. The normalized spacial score (nSPS) is 11.9. The van der Waals surface area contributed by atoms with Gasteiger partial charge in [0.05, 0.1) is 0 Å². The summed E-state index contributed by atoms with van der Waals surface area (Å²) in [7, 11) is 0. The van der Waals surface area contributed by atoms with E-state index in [1.807, 2.05) is 0 Å². The Morgan fingerprint density at radius 2 is 0.419 bits per heavy atom. The molecule has 0 unspecified atom stereocenters. The molecular weight excluding hydrogens is 745 g/mol. The van der Waals surface area contributed by atoms with Gasteiger partial charge in [-0.1, -0.05) is 224 Å². The van der Waals surface area contributed by atoms with Gasteiger partial charge in [-0.25, -0.2) is 0 Å². The number of benzene rings is 13. The summed E-state index contributed by atoms with van der Waals surface area (Å²) >= 11 is 0. The zero-order valence-corrected chi connectivity index (χ0v) is 33.9. The van der Waals surface area contributed by atoms with Crippen LogP contribution in [0.5, 0.6) is 0 Å². The van der Waals surface area contributed by atoms with Gasteiger partial charge in [-0.15, -0.1) is 0 Å². The van der Waals surface area contributed by atoms with E-state index in [-0.39, 0.29) is 0 Å². The van der Waals surface area contributed by atoms with Gasteiger partial charge in [0.1, 0.15) is 0 Å². The second-order valence-electron chi connectivity index (χ2n) is 16.8. The standard InChI is InChI=1S/C62H38/c1-4-47-26-28-51-30-34-55(57-36-32-49(6-1)59(47)61(51)57)45-22-18-42(19-23-45)40-12-10-39(11-13-40)41-14-16-43(17-15-41)53-8-3-9-54(38-53)44-20-24-46(25-21-44)56-35-31-52-29-27-48-5-2-7-50-33-37-58(56)62(52)60(48)50/h1-38H. The highest BCUT2D eigenvalue weighted by molar-refractivity contribution is 6.26. The van der Waals surface area contributed by atoms with Gasteiger partial charge in [-0.3, -0.25) is 0 Å². The Morgan fingerprint density at radius 1 is 0.161 bits per heavy atom. The van der Waals surface area contributed by atoms with Crippen LogP contribution in [0.15, 0.2) is 231 Å². The SMILES string of the molecule is c1cc(-c2ccc(-c3ccc(-c4ccc(-c5ccc6ccc7cccc8ccc5c6c78)cc4)cc3)cc2)cc(-c2ccc(-c3ccc4ccc5cccc6ccc3c4c56)cc2)c1. The molecule has 0 aliphatic carbocycles. The molecule has 0 saturated carbocycles. The zero-order chi connectivity index (χ0) is 40.7. The second-order valence-corrected chi connectivity index (χ2v) is 16.8. The van der Waals surface area contributed by atoms with E-state index >= 15 is 0 Å². The molecule has 0 heterocycles. The Bertz CT molecular complexity index is 3770. The molecule has 0 aliphatic rings. The summed E-state index contributed by atoms with van der Waals surface area (Å²) < 4.78 is 0.